The van der Waals surface area contributed by atoms with Gasteiger partial charge in [0, 0.05) is 15.8 Å². The molecule has 3 rings (SSSR count). The number of thiophene rings is 1. The van der Waals surface area contributed by atoms with Crippen molar-refractivity contribution in [3.8, 4) is 5.75 Å². The number of carbonyl (C=O) groups excluding carboxylic acids is 1. The Hall–Kier alpha value is -2.35. The summed E-state index contributed by atoms with van der Waals surface area (Å²) in [5.41, 5.74) is 2.65. The lowest BCUT2D eigenvalue weighted by Gasteiger charge is -2.14. The fourth-order valence-corrected chi connectivity index (χ4v) is 4.26. The van der Waals surface area contributed by atoms with Crippen molar-refractivity contribution in [2.75, 3.05) is 24.9 Å². The van der Waals surface area contributed by atoms with Gasteiger partial charge in [0.2, 0.25) is 0 Å². The summed E-state index contributed by atoms with van der Waals surface area (Å²) in [6.45, 7) is 1.99. The van der Waals surface area contributed by atoms with Crippen LogP contribution in [0.4, 0.5) is 11.4 Å². The number of anilines is 2. The Morgan fingerprint density at radius 2 is 1.93 bits per heavy atom. The summed E-state index contributed by atoms with van der Waals surface area (Å²) in [6, 6.07) is 11.4. The lowest BCUT2D eigenvalue weighted by Crippen LogP contribution is -2.19. The molecule has 3 aromatic rings. The van der Waals surface area contributed by atoms with Crippen LogP contribution < -0.4 is 15.4 Å². The fraction of sp³-hybridized carbons (Fsp3) is 0.158. The molecular weight excluding hydrogens is 404 g/mol. The minimum Gasteiger partial charge on any atom is -0.495 e. The van der Waals surface area contributed by atoms with Crippen molar-refractivity contribution in [3.63, 3.8) is 0 Å². The van der Waals surface area contributed by atoms with Crippen LogP contribution in [0.3, 0.4) is 0 Å². The van der Waals surface area contributed by atoms with Gasteiger partial charge in [-0.3, -0.25) is 0 Å². The molecule has 0 spiro atoms. The van der Waals surface area contributed by atoms with Gasteiger partial charge < -0.3 is 20.1 Å². The number of methoxy groups -OCH3 is 2. The maximum atomic E-state index is 11.8. The molecule has 0 fully saturated rings. The molecule has 0 bridgehead atoms. The Labute approximate surface area is 171 Å². The molecule has 1 aromatic heterocycles. The molecule has 0 aliphatic heterocycles. The van der Waals surface area contributed by atoms with Crippen molar-refractivity contribution in [2.24, 2.45) is 0 Å². The number of thiocarbonyl (C=S) groups is 1. The van der Waals surface area contributed by atoms with Gasteiger partial charge in [0.15, 0.2) is 5.11 Å². The van der Waals surface area contributed by atoms with E-state index >= 15 is 0 Å². The minimum absolute atomic E-state index is 0.386. The average Bonchev–Trinajstić information content (AvgIpc) is 2.97. The van der Waals surface area contributed by atoms with Gasteiger partial charge in [0.25, 0.3) is 0 Å². The Morgan fingerprint density at radius 3 is 2.63 bits per heavy atom. The second-order valence-electron chi connectivity index (χ2n) is 5.73. The number of fused-ring (bicyclic) bond motifs is 1. The second-order valence-corrected chi connectivity index (χ2v) is 7.57. The van der Waals surface area contributed by atoms with Crippen LogP contribution in [-0.2, 0) is 4.74 Å². The van der Waals surface area contributed by atoms with Crippen LogP contribution in [-0.4, -0.2) is 25.3 Å². The molecule has 0 amide bonds. The maximum absolute atomic E-state index is 11.8. The van der Waals surface area contributed by atoms with Crippen molar-refractivity contribution in [2.45, 2.75) is 6.92 Å². The number of ether oxygens (including phenoxy) is 2. The zero-order chi connectivity index (χ0) is 19.6. The number of esters is 1. The number of rotatable bonds is 4. The summed E-state index contributed by atoms with van der Waals surface area (Å²) in [7, 11) is 2.94. The van der Waals surface area contributed by atoms with Gasteiger partial charge in [0.1, 0.15) is 10.6 Å². The van der Waals surface area contributed by atoms with E-state index in [0.29, 0.717) is 20.8 Å². The van der Waals surface area contributed by atoms with Gasteiger partial charge in [0.05, 0.1) is 24.9 Å². The molecule has 0 aliphatic carbocycles. The Balaban J connectivity index is 1.81. The number of halogens is 1. The van der Waals surface area contributed by atoms with E-state index < -0.39 is 5.97 Å². The molecule has 0 unspecified atom stereocenters. The first-order valence-corrected chi connectivity index (χ1v) is 9.56. The Bertz CT molecular complexity index is 1030. The minimum atomic E-state index is -0.445. The van der Waals surface area contributed by atoms with Crippen LogP contribution in [0.5, 0.6) is 5.75 Å². The highest BCUT2D eigenvalue weighted by molar-refractivity contribution is 7.80. The van der Waals surface area contributed by atoms with E-state index in [4.69, 9.17) is 33.3 Å². The molecule has 0 saturated heterocycles. The quantitative estimate of drug-likeness (QED) is 0.431. The summed E-state index contributed by atoms with van der Waals surface area (Å²) in [6.07, 6.45) is 0. The van der Waals surface area contributed by atoms with Crippen LogP contribution >= 0.6 is 35.2 Å². The standard InChI is InChI=1S/C19H17ClN2O3S2/c1-10-4-7-14(24-2)13(8-10)22-19(26)21-11-5-6-12-15(9-11)27-17(16(12)20)18(23)25-3/h4-9H,1-3H3,(H2,21,22,26). The molecule has 8 heteroatoms. The van der Waals surface area contributed by atoms with E-state index in [-0.39, 0.29) is 0 Å². The number of benzene rings is 2. The average molecular weight is 421 g/mol. The molecular formula is C19H17ClN2O3S2. The van der Waals surface area contributed by atoms with Crippen LogP contribution in [0.15, 0.2) is 36.4 Å². The van der Waals surface area contributed by atoms with Gasteiger partial charge >= 0.3 is 5.97 Å². The van der Waals surface area contributed by atoms with E-state index in [2.05, 4.69) is 10.6 Å². The van der Waals surface area contributed by atoms with Crippen molar-refractivity contribution >= 4 is 67.7 Å². The monoisotopic (exact) mass is 420 g/mol. The number of aryl methyl sites for hydroxylation is 1. The Kier molecular flexibility index (Phi) is 5.84. The molecule has 0 radical (unpaired) electrons. The van der Waals surface area contributed by atoms with Crippen LogP contribution in [0.2, 0.25) is 5.02 Å². The van der Waals surface area contributed by atoms with E-state index in [1.165, 1.54) is 18.4 Å². The topological polar surface area (TPSA) is 59.6 Å². The van der Waals surface area contributed by atoms with Crippen LogP contribution in [0.25, 0.3) is 10.1 Å². The SMILES string of the molecule is COC(=O)c1sc2cc(NC(=S)Nc3cc(C)ccc3OC)ccc2c1Cl. The highest BCUT2D eigenvalue weighted by Crippen LogP contribution is 2.37. The third kappa shape index (κ3) is 4.16. The molecule has 2 N–H and O–H groups in total. The van der Waals surface area contributed by atoms with Gasteiger partial charge in [-0.25, -0.2) is 4.79 Å². The number of nitrogens with one attached hydrogen (secondary N) is 2. The molecule has 0 atom stereocenters. The number of hydrogen-bond acceptors (Lipinski definition) is 5. The molecule has 2 aromatic carbocycles. The van der Waals surface area contributed by atoms with Crippen molar-refractivity contribution in [1.29, 1.82) is 0 Å². The highest BCUT2D eigenvalue weighted by atomic mass is 35.5. The van der Waals surface area contributed by atoms with Crippen LogP contribution in [0, 0.1) is 6.92 Å². The maximum Gasteiger partial charge on any atom is 0.349 e. The number of carbonyl (C=O) groups is 1. The first-order chi connectivity index (χ1) is 12.9. The summed E-state index contributed by atoms with van der Waals surface area (Å²) in [5, 5.41) is 7.90. The zero-order valence-corrected chi connectivity index (χ0v) is 17.3. The van der Waals surface area contributed by atoms with Gasteiger partial charge in [-0.2, -0.15) is 0 Å². The largest absolute Gasteiger partial charge is 0.495 e. The molecule has 0 saturated carbocycles. The molecule has 1 heterocycles. The lowest BCUT2D eigenvalue weighted by molar-refractivity contribution is 0.0606. The predicted octanol–water partition coefficient (Wildman–Crippen LogP) is 5.47. The molecule has 5 nitrogen and oxygen atoms in total. The predicted molar refractivity (Wildman–Crippen MR) is 116 cm³/mol. The summed E-state index contributed by atoms with van der Waals surface area (Å²) in [5.74, 6) is 0.257. The van der Waals surface area contributed by atoms with Gasteiger partial charge in [-0.1, -0.05) is 17.7 Å². The summed E-state index contributed by atoms with van der Waals surface area (Å²) < 4.78 is 11.0. The third-order valence-corrected chi connectivity index (χ3v) is 5.70. The highest BCUT2D eigenvalue weighted by Gasteiger charge is 2.18. The fourth-order valence-electron chi connectivity index (χ4n) is 2.57. The van der Waals surface area contributed by atoms with Crippen molar-refractivity contribution in [3.05, 3.63) is 51.9 Å². The van der Waals surface area contributed by atoms with Gasteiger partial charge in [-0.05, 0) is 55.0 Å². The van der Waals surface area contributed by atoms with Crippen molar-refractivity contribution in [1.82, 2.24) is 0 Å². The third-order valence-electron chi connectivity index (χ3n) is 3.86. The van der Waals surface area contributed by atoms with E-state index in [9.17, 15) is 4.79 Å². The normalized spacial score (nSPS) is 10.5. The summed E-state index contributed by atoms with van der Waals surface area (Å²) in [4.78, 5) is 12.2. The lowest BCUT2D eigenvalue weighted by atomic mass is 10.2. The second kappa shape index (κ2) is 8.12. The first-order valence-electron chi connectivity index (χ1n) is 7.96. The van der Waals surface area contributed by atoms with Gasteiger partial charge in [-0.15, -0.1) is 11.3 Å². The van der Waals surface area contributed by atoms with Crippen molar-refractivity contribution < 1.29 is 14.3 Å². The molecule has 140 valence electrons. The Morgan fingerprint density at radius 1 is 1.15 bits per heavy atom. The molecule has 27 heavy (non-hydrogen) atoms. The molecule has 0 aliphatic rings. The first kappa shape index (κ1) is 19.4. The summed E-state index contributed by atoms with van der Waals surface area (Å²) >= 11 is 13.0. The van der Waals surface area contributed by atoms with E-state index in [1.807, 2.05) is 43.3 Å². The zero-order valence-electron chi connectivity index (χ0n) is 14.9. The number of hydrogen-bond donors (Lipinski definition) is 2. The van der Waals surface area contributed by atoms with Crippen LogP contribution in [0.1, 0.15) is 15.2 Å². The van der Waals surface area contributed by atoms with E-state index in [1.54, 1.807) is 7.11 Å². The van der Waals surface area contributed by atoms with E-state index in [0.717, 1.165) is 27.0 Å². The smallest absolute Gasteiger partial charge is 0.349 e.